The minimum Gasteiger partial charge on any atom is -0.494 e. The van der Waals surface area contributed by atoms with Gasteiger partial charge in [-0.05, 0) is 48.7 Å². The SMILES string of the molecule is CCNC(=NCc1ccc(F)c(C)c1)NCc1ccc(OC)c(F)c1.I. The molecule has 0 bridgehead atoms. The highest BCUT2D eigenvalue weighted by molar-refractivity contribution is 14.0. The van der Waals surface area contributed by atoms with Crippen LogP contribution in [0.15, 0.2) is 41.4 Å². The fraction of sp³-hybridized carbons (Fsp3) is 0.316. The number of aryl methyl sites for hydroxylation is 1. The highest BCUT2D eigenvalue weighted by Crippen LogP contribution is 2.17. The second-order valence-corrected chi connectivity index (χ2v) is 5.60. The second kappa shape index (κ2) is 10.9. The molecule has 2 rings (SSSR count). The lowest BCUT2D eigenvalue weighted by Gasteiger charge is -2.12. The molecule has 7 heteroatoms. The Hall–Kier alpha value is -1.90. The van der Waals surface area contributed by atoms with Gasteiger partial charge in [-0.1, -0.05) is 18.2 Å². The molecule has 0 radical (unpaired) electrons. The van der Waals surface area contributed by atoms with E-state index in [0.29, 0.717) is 31.2 Å². The molecule has 0 saturated carbocycles. The van der Waals surface area contributed by atoms with Crippen LogP contribution in [0.2, 0.25) is 0 Å². The number of nitrogens with one attached hydrogen (secondary N) is 2. The molecule has 142 valence electrons. The van der Waals surface area contributed by atoms with Crippen molar-refractivity contribution in [3.05, 3.63) is 64.7 Å². The number of ether oxygens (including phenoxy) is 1. The third-order valence-electron chi connectivity index (χ3n) is 3.66. The number of hydrogen-bond donors (Lipinski definition) is 2. The van der Waals surface area contributed by atoms with Crippen LogP contribution in [-0.4, -0.2) is 19.6 Å². The summed E-state index contributed by atoms with van der Waals surface area (Å²) >= 11 is 0. The molecule has 0 fully saturated rings. The van der Waals surface area contributed by atoms with Gasteiger partial charge in [0.2, 0.25) is 0 Å². The summed E-state index contributed by atoms with van der Waals surface area (Å²) in [7, 11) is 1.43. The smallest absolute Gasteiger partial charge is 0.191 e. The molecule has 0 amide bonds. The average Bonchev–Trinajstić information content (AvgIpc) is 2.60. The number of aliphatic imine (C=N–C) groups is 1. The number of benzene rings is 2. The summed E-state index contributed by atoms with van der Waals surface area (Å²) in [6, 6.07) is 9.76. The molecule has 0 unspecified atom stereocenters. The van der Waals surface area contributed by atoms with Crippen molar-refractivity contribution in [2.45, 2.75) is 26.9 Å². The van der Waals surface area contributed by atoms with E-state index in [-0.39, 0.29) is 35.5 Å². The normalized spacial score (nSPS) is 10.9. The molecular weight excluding hydrogens is 451 g/mol. The van der Waals surface area contributed by atoms with E-state index in [2.05, 4.69) is 15.6 Å². The highest BCUT2D eigenvalue weighted by atomic mass is 127. The summed E-state index contributed by atoms with van der Waals surface area (Å²) < 4.78 is 32.0. The summed E-state index contributed by atoms with van der Waals surface area (Å²) in [4.78, 5) is 4.48. The largest absolute Gasteiger partial charge is 0.494 e. The molecule has 4 nitrogen and oxygen atoms in total. The van der Waals surface area contributed by atoms with Crippen LogP contribution in [0.4, 0.5) is 8.78 Å². The Balaban J connectivity index is 0.00000338. The Morgan fingerprint density at radius 3 is 2.38 bits per heavy atom. The van der Waals surface area contributed by atoms with E-state index >= 15 is 0 Å². The first-order valence-electron chi connectivity index (χ1n) is 8.13. The zero-order chi connectivity index (χ0) is 18.2. The molecule has 0 spiro atoms. The van der Waals surface area contributed by atoms with Crippen molar-refractivity contribution in [3.8, 4) is 5.75 Å². The molecule has 26 heavy (non-hydrogen) atoms. The van der Waals surface area contributed by atoms with Crippen molar-refractivity contribution in [3.63, 3.8) is 0 Å². The summed E-state index contributed by atoms with van der Waals surface area (Å²) in [5.41, 5.74) is 2.30. The first kappa shape index (κ1) is 22.1. The number of guanidine groups is 1. The molecule has 2 N–H and O–H groups in total. The number of rotatable bonds is 6. The Morgan fingerprint density at radius 1 is 1.04 bits per heavy atom. The van der Waals surface area contributed by atoms with Gasteiger partial charge >= 0.3 is 0 Å². The fourth-order valence-corrected chi connectivity index (χ4v) is 2.32. The zero-order valence-corrected chi connectivity index (χ0v) is 17.4. The average molecular weight is 475 g/mol. The molecule has 0 aliphatic rings. The topological polar surface area (TPSA) is 45.7 Å². The van der Waals surface area contributed by atoms with Gasteiger partial charge in [-0.3, -0.25) is 0 Å². The van der Waals surface area contributed by atoms with Gasteiger partial charge in [0.1, 0.15) is 5.82 Å². The van der Waals surface area contributed by atoms with Crippen LogP contribution in [0.1, 0.15) is 23.6 Å². The lowest BCUT2D eigenvalue weighted by atomic mass is 10.1. The molecule has 0 atom stereocenters. The standard InChI is InChI=1S/C19H23F2N3O.HI/c1-4-22-19(23-11-14-5-7-16(20)13(2)9-14)24-12-15-6-8-18(25-3)17(21)10-15;/h5-10H,4,11-12H2,1-3H3,(H2,22,23,24);1H. The Morgan fingerprint density at radius 2 is 1.77 bits per heavy atom. The molecule has 0 saturated heterocycles. The van der Waals surface area contributed by atoms with Crippen molar-refractivity contribution in [2.24, 2.45) is 4.99 Å². The van der Waals surface area contributed by atoms with Gasteiger partial charge in [-0.15, -0.1) is 24.0 Å². The summed E-state index contributed by atoms with van der Waals surface area (Å²) in [5.74, 6) is 0.210. The molecule has 0 aliphatic carbocycles. The van der Waals surface area contributed by atoms with Crippen molar-refractivity contribution >= 4 is 29.9 Å². The van der Waals surface area contributed by atoms with Gasteiger partial charge < -0.3 is 15.4 Å². The molecule has 0 heterocycles. The summed E-state index contributed by atoms with van der Waals surface area (Å²) in [6.07, 6.45) is 0. The van der Waals surface area contributed by atoms with Crippen molar-refractivity contribution < 1.29 is 13.5 Å². The van der Waals surface area contributed by atoms with Crippen LogP contribution in [0.3, 0.4) is 0 Å². The maximum atomic E-state index is 13.7. The van der Waals surface area contributed by atoms with E-state index in [4.69, 9.17) is 4.74 Å². The van der Waals surface area contributed by atoms with E-state index in [1.165, 1.54) is 19.2 Å². The number of nitrogens with zero attached hydrogens (tertiary/aromatic N) is 1. The lowest BCUT2D eigenvalue weighted by molar-refractivity contribution is 0.386. The Kier molecular flexibility index (Phi) is 9.32. The van der Waals surface area contributed by atoms with E-state index in [1.54, 1.807) is 31.2 Å². The maximum absolute atomic E-state index is 13.7. The predicted molar refractivity (Wildman–Crippen MR) is 111 cm³/mol. The zero-order valence-electron chi connectivity index (χ0n) is 15.1. The van der Waals surface area contributed by atoms with E-state index < -0.39 is 5.82 Å². The molecule has 2 aromatic carbocycles. The fourth-order valence-electron chi connectivity index (χ4n) is 2.32. The second-order valence-electron chi connectivity index (χ2n) is 5.60. The quantitative estimate of drug-likeness (QED) is 0.375. The van der Waals surface area contributed by atoms with Gasteiger partial charge in [-0.2, -0.15) is 0 Å². The van der Waals surface area contributed by atoms with E-state index in [0.717, 1.165) is 11.1 Å². The van der Waals surface area contributed by atoms with Gasteiger partial charge in [0.05, 0.1) is 13.7 Å². The first-order chi connectivity index (χ1) is 12.0. The van der Waals surface area contributed by atoms with Gasteiger partial charge in [0.15, 0.2) is 17.5 Å². The van der Waals surface area contributed by atoms with E-state index in [9.17, 15) is 8.78 Å². The van der Waals surface area contributed by atoms with Crippen LogP contribution >= 0.6 is 24.0 Å². The van der Waals surface area contributed by atoms with Crippen LogP contribution in [-0.2, 0) is 13.1 Å². The minimum absolute atomic E-state index is 0. The third-order valence-corrected chi connectivity index (χ3v) is 3.66. The van der Waals surface area contributed by atoms with Crippen LogP contribution in [0.5, 0.6) is 5.75 Å². The first-order valence-corrected chi connectivity index (χ1v) is 8.13. The summed E-state index contributed by atoms with van der Waals surface area (Å²) in [6.45, 7) is 5.24. The van der Waals surface area contributed by atoms with Crippen LogP contribution < -0.4 is 15.4 Å². The Labute approximate surface area is 170 Å². The Bertz CT molecular complexity index is 754. The van der Waals surface area contributed by atoms with Crippen LogP contribution in [0.25, 0.3) is 0 Å². The van der Waals surface area contributed by atoms with Crippen molar-refractivity contribution in [2.75, 3.05) is 13.7 Å². The van der Waals surface area contributed by atoms with E-state index in [1.807, 2.05) is 6.92 Å². The van der Waals surface area contributed by atoms with Crippen molar-refractivity contribution in [1.82, 2.24) is 10.6 Å². The van der Waals surface area contributed by atoms with Crippen LogP contribution in [0, 0.1) is 18.6 Å². The van der Waals surface area contributed by atoms with Gasteiger partial charge in [-0.25, -0.2) is 13.8 Å². The number of hydrogen-bond acceptors (Lipinski definition) is 2. The molecule has 0 aliphatic heterocycles. The highest BCUT2D eigenvalue weighted by Gasteiger charge is 2.05. The third kappa shape index (κ3) is 6.44. The van der Waals surface area contributed by atoms with Gasteiger partial charge in [0.25, 0.3) is 0 Å². The van der Waals surface area contributed by atoms with Gasteiger partial charge in [0, 0.05) is 13.1 Å². The predicted octanol–water partition coefficient (Wildman–Crippen LogP) is 4.16. The molecule has 2 aromatic rings. The lowest BCUT2D eigenvalue weighted by Crippen LogP contribution is -2.36. The number of methoxy groups -OCH3 is 1. The summed E-state index contributed by atoms with van der Waals surface area (Å²) in [5, 5.41) is 6.29. The number of halogens is 3. The monoisotopic (exact) mass is 475 g/mol. The van der Waals surface area contributed by atoms with Crippen molar-refractivity contribution in [1.29, 1.82) is 0 Å². The molecular formula is C19H24F2IN3O. The molecule has 0 aromatic heterocycles. The maximum Gasteiger partial charge on any atom is 0.191 e. The minimum atomic E-state index is -0.398.